The maximum absolute atomic E-state index is 13.9. The van der Waals surface area contributed by atoms with Gasteiger partial charge in [-0.1, -0.05) is 35.9 Å². The van der Waals surface area contributed by atoms with Gasteiger partial charge in [-0.3, -0.25) is 0 Å². The standard InChI is InChI=1S/C16H17ClFNS/c1-19-15(13-5-3-4-6-16(13)20-2)9-11-7-8-12(17)10-14(11)18/h3-8,10,15,19H,9H2,1-2H3. The van der Waals surface area contributed by atoms with Gasteiger partial charge in [0.2, 0.25) is 0 Å². The van der Waals surface area contributed by atoms with E-state index in [0.29, 0.717) is 17.0 Å². The molecule has 0 amide bonds. The van der Waals surface area contributed by atoms with Crippen LogP contribution < -0.4 is 5.32 Å². The number of halogens is 2. The first-order valence-electron chi connectivity index (χ1n) is 6.39. The fourth-order valence-corrected chi connectivity index (χ4v) is 3.05. The summed E-state index contributed by atoms with van der Waals surface area (Å²) in [7, 11) is 1.90. The topological polar surface area (TPSA) is 12.0 Å². The lowest BCUT2D eigenvalue weighted by atomic mass is 9.98. The van der Waals surface area contributed by atoms with Crippen LogP contribution in [0.3, 0.4) is 0 Å². The van der Waals surface area contributed by atoms with Crippen molar-refractivity contribution in [2.75, 3.05) is 13.3 Å². The van der Waals surface area contributed by atoms with E-state index in [9.17, 15) is 4.39 Å². The minimum atomic E-state index is -0.251. The van der Waals surface area contributed by atoms with Crippen LogP contribution in [0.5, 0.6) is 0 Å². The maximum Gasteiger partial charge on any atom is 0.127 e. The third-order valence-corrected chi connectivity index (χ3v) is 4.35. The van der Waals surface area contributed by atoms with Crippen LogP contribution in [-0.4, -0.2) is 13.3 Å². The van der Waals surface area contributed by atoms with Crippen molar-refractivity contribution in [3.63, 3.8) is 0 Å². The second kappa shape index (κ2) is 7.11. The molecule has 1 atom stereocenters. The quantitative estimate of drug-likeness (QED) is 0.803. The van der Waals surface area contributed by atoms with Crippen LogP contribution in [-0.2, 0) is 6.42 Å². The van der Waals surface area contributed by atoms with Gasteiger partial charge < -0.3 is 5.32 Å². The van der Waals surface area contributed by atoms with Crippen molar-refractivity contribution in [2.45, 2.75) is 17.4 Å². The van der Waals surface area contributed by atoms with Crippen molar-refractivity contribution in [3.8, 4) is 0 Å². The molecule has 0 radical (unpaired) electrons. The van der Waals surface area contributed by atoms with Gasteiger partial charge in [0.15, 0.2) is 0 Å². The summed E-state index contributed by atoms with van der Waals surface area (Å²) in [6.45, 7) is 0. The molecule has 2 aromatic rings. The number of rotatable bonds is 5. The van der Waals surface area contributed by atoms with E-state index in [0.717, 1.165) is 0 Å². The average molecular weight is 310 g/mol. The van der Waals surface area contributed by atoms with E-state index in [-0.39, 0.29) is 11.9 Å². The first-order valence-corrected chi connectivity index (χ1v) is 8.00. The Morgan fingerprint density at radius 2 is 2.00 bits per heavy atom. The summed E-state index contributed by atoms with van der Waals surface area (Å²) in [4.78, 5) is 1.21. The molecule has 2 aromatic carbocycles. The highest BCUT2D eigenvalue weighted by atomic mass is 35.5. The van der Waals surface area contributed by atoms with Crippen LogP contribution in [0.15, 0.2) is 47.4 Å². The third-order valence-electron chi connectivity index (χ3n) is 3.30. The Morgan fingerprint density at radius 1 is 1.25 bits per heavy atom. The molecule has 0 saturated carbocycles. The Kier molecular flexibility index (Phi) is 5.46. The number of hydrogen-bond acceptors (Lipinski definition) is 2. The van der Waals surface area contributed by atoms with E-state index >= 15 is 0 Å². The molecular formula is C16H17ClFNS. The molecule has 0 aromatic heterocycles. The molecule has 106 valence electrons. The lowest BCUT2D eigenvalue weighted by Crippen LogP contribution is -2.20. The van der Waals surface area contributed by atoms with Gasteiger partial charge >= 0.3 is 0 Å². The lowest BCUT2D eigenvalue weighted by Gasteiger charge is -2.20. The van der Waals surface area contributed by atoms with Crippen LogP contribution in [0, 0.1) is 5.82 Å². The normalized spacial score (nSPS) is 12.4. The summed E-state index contributed by atoms with van der Waals surface area (Å²) < 4.78 is 13.9. The van der Waals surface area contributed by atoms with Crippen molar-refractivity contribution in [3.05, 3.63) is 64.4 Å². The van der Waals surface area contributed by atoms with Crippen molar-refractivity contribution in [2.24, 2.45) is 0 Å². The summed E-state index contributed by atoms with van der Waals surface area (Å²) in [5.41, 5.74) is 1.86. The minimum Gasteiger partial charge on any atom is -0.313 e. The molecule has 1 nitrogen and oxygen atoms in total. The van der Waals surface area contributed by atoms with Gasteiger partial charge in [-0.2, -0.15) is 0 Å². The Balaban J connectivity index is 2.29. The monoisotopic (exact) mass is 309 g/mol. The number of likely N-dealkylation sites (N-methyl/N-ethyl adjacent to an activating group) is 1. The summed E-state index contributed by atoms with van der Waals surface area (Å²) in [5.74, 6) is -0.251. The maximum atomic E-state index is 13.9. The van der Waals surface area contributed by atoms with E-state index < -0.39 is 0 Å². The zero-order chi connectivity index (χ0) is 14.5. The SMILES string of the molecule is CNC(Cc1ccc(Cl)cc1F)c1ccccc1SC. The number of hydrogen-bond donors (Lipinski definition) is 1. The molecule has 0 heterocycles. The van der Waals surface area contributed by atoms with Crippen LogP contribution in [0.2, 0.25) is 5.02 Å². The fraction of sp³-hybridized carbons (Fsp3) is 0.250. The molecule has 0 aliphatic carbocycles. The Morgan fingerprint density at radius 3 is 2.65 bits per heavy atom. The van der Waals surface area contributed by atoms with E-state index in [4.69, 9.17) is 11.6 Å². The molecule has 1 N–H and O–H groups in total. The lowest BCUT2D eigenvalue weighted by molar-refractivity contribution is 0.549. The Bertz CT molecular complexity index is 588. The molecular weight excluding hydrogens is 293 g/mol. The van der Waals surface area contributed by atoms with Crippen molar-refractivity contribution < 1.29 is 4.39 Å². The van der Waals surface area contributed by atoms with E-state index in [1.54, 1.807) is 23.9 Å². The summed E-state index contributed by atoms with van der Waals surface area (Å²) in [6, 6.07) is 13.1. The minimum absolute atomic E-state index is 0.0781. The van der Waals surface area contributed by atoms with E-state index in [2.05, 4.69) is 23.7 Å². The van der Waals surface area contributed by atoms with Crippen molar-refractivity contribution in [1.29, 1.82) is 0 Å². The second-order valence-corrected chi connectivity index (χ2v) is 5.81. The van der Waals surface area contributed by atoms with Gasteiger partial charge in [0.05, 0.1) is 0 Å². The fourth-order valence-electron chi connectivity index (χ4n) is 2.23. The molecule has 0 spiro atoms. The number of benzene rings is 2. The van der Waals surface area contributed by atoms with Crippen LogP contribution in [0.4, 0.5) is 4.39 Å². The first kappa shape index (κ1) is 15.4. The van der Waals surface area contributed by atoms with Crippen molar-refractivity contribution >= 4 is 23.4 Å². The molecule has 0 aliphatic rings. The van der Waals surface area contributed by atoms with E-state index in [1.165, 1.54) is 16.5 Å². The second-order valence-electron chi connectivity index (χ2n) is 4.52. The molecule has 20 heavy (non-hydrogen) atoms. The molecule has 4 heteroatoms. The Hall–Kier alpha value is -1.03. The smallest absolute Gasteiger partial charge is 0.127 e. The molecule has 0 fully saturated rings. The third kappa shape index (κ3) is 3.54. The summed E-state index contributed by atoms with van der Waals surface area (Å²) >= 11 is 7.49. The predicted molar refractivity (Wildman–Crippen MR) is 85.1 cm³/mol. The van der Waals surface area contributed by atoms with Crippen LogP contribution >= 0.6 is 23.4 Å². The number of nitrogens with one attached hydrogen (secondary N) is 1. The molecule has 1 unspecified atom stereocenters. The van der Waals surface area contributed by atoms with Gasteiger partial charge in [-0.15, -0.1) is 11.8 Å². The largest absolute Gasteiger partial charge is 0.313 e. The summed E-state index contributed by atoms with van der Waals surface area (Å²) in [5, 5.41) is 3.70. The Labute approximate surface area is 128 Å². The van der Waals surface area contributed by atoms with Gasteiger partial charge in [0.25, 0.3) is 0 Å². The highest BCUT2D eigenvalue weighted by Gasteiger charge is 2.15. The molecule has 0 aliphatic heterocycles. The zero-order valence-electron chi connectivity index (χ0n) is 11.5. The van der Waals surface area contributed by atoms with Gasteiger partial charge in [0.1, 0.15) is 5.82 Å². The van der Waals surface area contributed by atoms with Crippen molar-refractivity contribution in [1.82, 2.24) is 5.32 Å². The molecule has 0 bridgehead atoms. The molecule has 0 saturated heterocycles. The number of thioether (sulfide) groups is 1. The first-order chi connectivity index (χ1) is 9.65. The van der Waals surface area contributed by atoms with Gasteiger partial charge in [0, 0.05) is 16.0 Å². The van der Waals surface area contributed by atoms with Crippen LogP contribution in [0.1, 0.15) is 17.2 Å². The average Bonchev–Trinajstić information content (AvgIpc) is 2.46. The van der Waals surface area contributed by atoms with E-state index in [1.807, 2.05) is 19.2 Å². The summed E-state index contributed by atoms with van der Waals surface area (Å²) in [6.07, 6.45) is 2.64. The van der Waals surface area contributed by atoms with Gasteiger partial charge in [-0.25, -0.2) is 4.39 Å². The predicted octanol–water partition coefficient (Wildman–Crippen LogP) is 4.70. The van der Waals surface area contributed by atoms with Crippen LogP contribution in [0.25, 0.3) is 0 Å². The van der Waals surface area contributed by atoms with Gasteiger partial charge in [-0.05, 0) is 49.1 Å². The highest BCUT2D eigenvalue weighted by molar-refractivity contribution is 7.98. The molecule has 2 rings (SSSR count). The zero-order valence-corrected chi connectivity index (χ0v) is 13.1. The highest BCUT2D eigenvalue weighted by Crippen LogP contribution is 2.28.